The van der Waals surface area contributed by atoms with Crippen molar-refractivity contribution < 1.29 is 19.0 Å². The van der Waals surface area contributed by atoms with Gasteiger partial charge in [0.2, 0.25) is 0 Å². The Balaban J connectivity index is 2.11. The van der Waals surface area contributed by atoms with E-state index in [2.05, 4.69) is 17.9 Å². The molecule has 4 heteroatoms. The molecule has 0 aromatic heterocycles. The Morgan fingerprint density at radius 1 is 1.23 bits per heavy atom. The van der Waals surface area contributed by atoms with E-state index in [0.29, 0.717) is 0 Å². The largest absolute Gasteiger partial charge is 0.493 e. The van der Waals surface area contributed by atoms with Crippen molar-refractivity contribution in [1.29, 1.82) is 0 Å². The van der Waals surface area contributed by atoms with Gasteiger partial charge in [0.05, 0.1) is 17.6 Å². The van der Waals surface area contributed by atoms with E-state index >= 15 is 0 Å². The van der Waals surface area contributed by atoms with Crippen molar-refractivity contribution in [1.82, 2.24) is 0 Å². The zero-order valence-corrected chi connectivity index (χ0v) is 16.8. The summed E-state index contributed by atoms with van der Waals surface area (Å²) in [4.78, 5) is 12.0. The number of benzene rings is 1. The van der Waals surface area contributed by atoms with E-state index in [9.17, 15) is 4.79 Å². The van der Waals surface area contributed by atoms with Crippen molar-refractivity contribution in [3.8, 4) is 17.6 Å². The molecule has 0 saturated heterocycles. The lowest BCUT2D eigenvalue weighted by Crippen LogP contribution is -2.32. The molecule has 0 N–H and O–H groups in total. The highest BCUT2D eigenvalue weighted by atomic mass is 16.6. The predicted molar refractivity (Wildman–Crippen MR) is 102 cm³/mol. The Hall–Kier alpha value is -1.99. The van der Waals surface area contributed by atoms with Crippen LogP contribution in [-0.4, -0.2) is 30.9 Å². The van der Waals surface area contributed by atoms with E-state index in [1.807, 2.05) is 53.7 Å². The first-order valence-corrected chi connectivity index (χ1v) is 9.17. The number of fused-ring (bicyclic) bond motifs is 1. The molecule has 4 nitrogen and oxygen atoms in total. The van der Waals surface area contributed by atoms with Crippen LogP contribution < -0.4 is 4.74 Å². The minimum atomic E-state index is -0.543. The lowest BCUT2D eigenvalue weighted by molar-refractivity contribution is -0.158. The number of carbonyl (C=O) groups is 1. The van der Waals surface area contributed by atoms with Gasteiger partial charge in [-0.05, 0) is 78.1 Å². The highest BCUT2D eigenvalue weighted by Crippen LogP contribution is 2.25. The molecular formula is C22H30O4. The summed E-state index contributed by atoms with van der Waals surface area (Å²) in [7, 11) is 0. The van der Waals surface area contributed by atoms with Gasteiger partial charge in [0.15, 0.2) is 6.10 Å². The van der Waals surface area contributed by atoms with Crippen molar-refractivity contribution in [2.45, 2.75) is 66.1 Å². The zero-order valence-electron chi connectivity index (χ0n) is 16.8. The van der Waals surface area contributed by atoms with Crippen molar-refractivity contribution in [3.63, 3.8) is 0 Å². The van der Waals surface area contributed by atoms with Crippen LogP contribution in [0, 0.1) is 17.3 Å². The molecule has 2 rings (SSSR count). The predicted octanol–water partition coefficient (Wildman–Crippen LogP) is 4.14. The molecule has 1 aliphatic heterocycles. The lowest BCUT2D eigenvalue weighted by Gasteiger charge is -2.25. The minimum Gasteiger partial charge on any atom is -0.493 e. The van der Waals surface area contributed by atoms with E-state index in [1.165, 1.54) is 5.56 Å². The molecule has 0 spiro atoms. The van der Waals surface area contributed by atoms with Gasteiger partial charge in [-0.3, -0.25) is 4.79 Å². The third kappa shape index (κ3) is 6.38. The molecule has 0 amide bonds. The van der Waals surface area contributed by atoms with Crippen LogP contribution in [0.2, 0.25) is 0 Å². The van der Waals surface area contributed by atoms with E-state index in [4.69, 9.17) is 14.2 Å². The summed E-state index contributed by atoms with van der Waals surface area (Å²) in [6.45, 7) is 12.3. The molecule has 1 aliphatic rings. The fourth-order valence-corrected chi connectivity index (χ4v) is 2.50. The first kappa shape index (κ1) is 20.3. The molecule has 0 radical (unpaired) electrons. The van der Waals surface area contributed by atoms with Crippen LogP contribution in [0.25, 0.3) is 0 Å². The number of esters is 1. The Labute approximate surface area is 157 Å². The number of carbonyl (C=O) groups excluding carboxylic acids is 1. The standard InChI is InChI=1S/C22H30O4/c1-21(2,3)20(23)25-15-18(26-22(4,5)6)11-9-16-10-12-19-17(14-16)8-7-13-24-19/h10,12,14,18H,7-8,13,15H2,1-6H3. The van der Waals surface area contributed by atoms with Gasteiger partial charge < -0.3 is 14.2 Å². The number of hydrogen-bond acceptors (Lipinski definition) is 4. The number of rotatable bonds is 3. The van der Waals surface area contributed by atoms with Crippen LogP contribution in [0.4, 0.5) is 0 Å². The Bertz CT molecular complexity index is 696. The summed E-state index contributed by atoms with van der Waals surface area (Å²) in [6.07, 6.45) is 1.56. The summed E-state index contributed by atoms with van der Waals surface area (Å²) in [6, 6.07) is 5.99. The van der Waals surface area contributed by atoms with Gasteiger partial charge in [-0.15, -0.1) is 0 Å². The van der Waals surface area contributed by atoms with Crippen LogP contribution >= 0.6 is 0 Å². The van der Waals surface area contributed by atoms with Gasteiger partial charge in [-0.2, -0.15) is 0 Å². The van der Waals surface area contributed by atoms with Crippen molar-refractivity contribution >= 4 is 5.97 Å². The fourth-order valence-electron chi connectivity index (χ4n) is 2.50. The number of ether oxygens (including phenoxy) is 3. The molecule has 0 aliphatic carbocycles. The highest BCUT2D eigenvalue weighted by Gasteiger charge is 2.25. The zero-order chi connectivity index (χ0) is 19.4. The minimum absolute atomic E-state index is 0.119. The lowest BCUT2D eigenvalue weighted by atomic mass is 9.97. The number of hydrogen-bond donors (Lipinski definition) is 0. The van der Waals surface area contributed by atoms with Crippen LogP contribution in [0.1, 0.15) is 59.1 Å². The average Bonchev–Trinajstić information content (AvgIpc) is 2.54. The van der Waals surface area contributed by atoms with Gasteiger partial charge in [0, 0.05) is 5.56 Å². The second-order valence-corrected chi connectivity index (χ2v) is 8.61. The van der Waals surface area contributed by atoms with Gasteiger partial charge in [0.25, 0.3) is 0 Å². The van der Waals surface area contributed by atoms with Crippen molar-refractivity contribution in [3.05, 3.63) is 29.3 Å². The van der Waals surface area contributed by atoms with Gasteiger partial charge in [0.1, 0.15) is 12.4 Å². The maximum atomic E-state index is 12.0. The van der Waals surface area contributed by atoms with Crippen LogP contribution in [0.15, 0.2) is 18.2 Å². The molecule has 1 atom stereocenters. The van der Waals surface area contributed by atoms with E-state index in [0.717, 1.165) is 30.8 Å². The van der Waals surface area contributed by atoms with Gasteiger partial charge >= 0.3 is 5.97 Å². The number of aryl methyl sites for hydroxylation is 1. The SMILES string of the molecule is CC(C)(C)OC(C#Cc1ccc2c(c1)CCCO2)COC(=O)C(C)(C)C. The molecule has 1 aromatic carbocycles. The maximum Gasteiger partial charge on any atom is 0.311 e. The maximum absolute atomic E-state index is 12.0. The smallest absolute Gasteiger partial charge is 0.311 e. The van der Waals surface area contributed by atoms with Crippen LogP contribution in [-0.2, 0) is 20.7 Å². The highest BCUT2D eigenvalue weighted by molar-refractivity contribution is 5.75. The van der Waals surface area contributed by atoms with Gasteiger partial charge in [-0.1, -0.05) is 11.8 Å². The average molecular weight is 358 g/mol. The van der Waals surface area contributed by atoms with E-state index in [1.54, 1.807) is 0 Å². The van der Waals surface area contributed by atoms with E-state index < -0.39 is 11.5 Å². The Morgan fingerprint density at radius 2 is 1.96 bits per heavy atom. The Kier molecular flexibility index (Phi) is 6.36. The van der Waals surface area contributed by atoms with Crippen LogP contribution in [0.5, 0.6) is 5.75 Å². The molecule has 26 heavy (non-hydrogen) atoms. The summed E-state index contributed by atoms with van der Waals surface area (Å²) >= 11 is 0. The molecule has 1 unspecified atom stereocenters. The third-order valence-corrected chi connectivity index (χ3v) is 3.76. The molecule has 142 valence electrons. The molecule has 1 aromatic rings. The summed E-state index contributed by atoms with van der Waals surface area (Å²) in [5, 5.41) is 0. The molecule has 0 saturated carbocycles. The van der Waals surface area contributed by atoms with Gasteiger partial charge in [-0.25, -0.2) is 0 Å². The monoisotopic (exact) mass is 358 g/mol. The molecule has 0 fully saturated rings. The van der Waals surface area contributed by atoms with Crippen molar-refractivity contribution in [2.24, 2.45) is 5.41 Å². The summed E-state index contributed by atoms with van der Waals surface area (Å²) < 4.78 is 17.0. The quantitative estimate of drug-likeness (QED) is 0.602. The molecule has 0 bridgehead atoms. The molecule has 1 heterocycles. The summed E-state index contributed by atoms with van der Waals surface area (Å²) in [5.74, 6) is 6.96. The van der Waals surface area contributed by atoms with Crippen molar-refractivity contribution in [2.75, 3.05) is 13.2 Å². The second kappa shape index (κ2) is 8.14. The normalized spacial score (nSPS) is 15.2. The molecular weight excluding hydrogens is 328 g/mol. The first-order chi connectivity index (χ1) is 12.0. The summed E-state index contributed by atoms with van der Waals surface area (Å²) in [5.41, 5.74) is 1.18. The van der Waals surface area contributed by atoms with Crippen LogP contribution in [0.3, 0.4) is 0 Å². The second-order valence-electron chi connectivity index (χ2n) is 8.61. The Morgan fingerprint density at radius 3 is 2.62 bits per heavy atom. The first-order valence-electron chi connectivity index (χ1n) is 9.17. The fraction of sp³-hybridized carbons (Fsp3) is 0.591. The third-order valence-electron chi connectivity index (χ3n) is 3.76. The van der Waals surface area contributed by atoms with E-state index in [-0.39, 0.29) is 18.2 Å². The topological polar surface area (TPSA) is 44.8 Å².